The molecule has 2 heterocycles. The highest BCUT2D eigenvalue weighted by atomic mass is 35.5. The lowest BCUT2D eigenvalue weighted by Gasteiger charge is -2.38. The molecule has 0 aliphatic carbocycles. The molecule has 1 unspecified atom stereocenters. The first-order valence-electron chi connectivity index (χ1n) is 11.7. The van der Waals surface area contributed by atoms with Crippen LogP contribution in [0.3, 0.4) is 0 Å². The lowest BCUT2D eigenvalue weighted by Crippen LogP contribution is -2.55. The summed E-state index contributed by atoms with van der Waals surface area (Å²) in [5.74, 6) is -0.461. The van der Waals surface area contributed by atoms with Gasteiger partial charge in [0.2, 0.25) is 6.17 Å². The number of halogens is 2. The van der Waals surface area contributed by atoms with Gasteiger partial charge in [0.05, 0.1) is 11.4 Å². The maximum atomic E-state index is 13.5. The number of hydrogen-bond donors (Lipinski definition) is 1. The van der Waals surface area contributed by atoms with Crippen LogP contribution in [-0.4, -0.2) is 61.0 Å². The molecular weight excluding hydrogens is 497 g/mol. The van der Waals surface area contributed by atoms with Gasteiger partial charge in [-0.05, 0) is 54.7 Å². The maximum Gasteiger partial charge on any atom is 0.272 e. The largest absolute Gasteiger partial charge is 0.368 e. The van der Waals surface area contributed by atoms with Gasteiger partial charge in [0.1, 0.15) is 5.82 Å². The zero-order valence-corrected chi connectivity index (χ0v) is 21.3. The molecule has 3 aromatic rings. The van der Waals surface area contributed by atoms with Crippen molar-refractivity contribution in [2.75, 3.05) is 43.0 Å². The molecule has 1 saturated heterocycles. The number of carbonyl (C=O) groups is 1. The number of likely N-dealkylation sites (N-methyl/N-ethyl adjacent to an activating group) is 1. The molecule has 0 bridgehead atoms. The van der Waals surface area contributed by atoms with E-state index in [1.807, 2.05) is 47.4 Å². The first kappa shape index (κ1) is 24.2. The Morgan fingerprint density at radius 2 is 1.72 bits per heavy atom. The van der Waals surface area contributed by atoms with Crippen LogP contribution in [0.4, 0.5) is 15.8 Å². The van der Waals surface area contributed by atoms with E-state index >= 15 is 0 Å². The van der Waals surface area contributed by atoms with Gasteiger partial charge < -0.3 is 20.0 Å². The molecule has 1 amide bonds. The van der Waals surface area contributed by atoms with Crippen molar-refractivity contribution < 1.29 is 9.18 Å². The Labute approximate surface area is 220 Å². The Bertz CT molecular complexity index is 1310. The summed E-state index contributed by atoms with van der Waals surface area (Å²) in [5, 5.41) is 4.24. The van der Waals surface area contributed by atoms with Gasteiger partial charge in [-0.3, -0.25) is 4.79 Å². The summed E-state index contributed by atoms with van der Waals surface area (Å²) < 4.78 is 13.3. The molecule has 184 valence electrons. The monoisotopic (exact) mass is 521 g/mol. The lowest BCUT2D eigenvalue weighted by molar-refractivity contribution is -0.119. The molecule has 6 nitrogen and oxygen atoms in total. The van der Waals surface area contributed by atoms with Crippen LogP contribution < -0.4 is 15.1 Å². The quantitative estimate of drug-likeness (QED) is 0.520. The second-order valence-corrected chi connectivity index (χ2v) is 9.53. The van der Waals surface area contributed by atoms with Crippen molar-refractivity contribution in [3.63, 3.8) is 0 Å². The van der Waals surface area contributed by atoms with Crippen molar-refractivity contribution in [3.05, 3.63) is 94.8 Å². The number of carbonyl (C=O) groups excluding carboxylic acids is 1. The summed E-state index contributed by atoms with van der Waals surface area (Å²) in [6.45, 7) is 2.80. The zero-order chi connectivity index (χ0) is 25.2. The zero-order valence-electron chi connectivity index (χ0n) is 19.7. The molecule has 0 saturated carbocycles. The van der Waals surface area contributed by atoms with Crippen LogP contribution >= 0.6 is 23.8 Å². The standard InChI is InChI=1S/C27H25ClFN5OS/c1-32-23-12-7-19(28)17-22(23)24(18-5-3-2-4-6-18)30-25(26(32)35)31-27(36)34-15-13-33(14-16-34)21-10-8-20(29)9-11-21/h2-12,17,25H,13-16H2,1H3,(H,31,36). The van der Waals surface area contributed by atoms with Crippen molar-refractivity contribution in [1.82, 2.24) is 10.2 Å². The van der Waals surface area contributed by atoms with E-state index < -0.39 is 6.17 Å². The highest BCUT2D eigenvalue weighted by molar-refractivity contribution is 7.80. The van der Waals surface area contributed by atoms with Gasteiger partial charge in [0.15, 0.2) is 5.11 Å². The van der Waals surface area contributed by atoms with Gasteiger partial charge in [0.25, 0.3) is 5.91 Å². The van der Waals surface area contributed by atoms with E-state index in [9.17, 15) is 9.18 Å². The van der Waals surface area contributed by atoms with Gasteiger partial charge in [-0.15, -0.1) is 0 Å². The minimum absolute atomic E-state index is 0.211. The van der Waals surface area contributed by atoms with Crippen molar-refractivity contribution in [1.29, 1.82) is 0 Å². The number of piperazine rings is 1. The molecular formula is C27H25ClFN5OS. The predicted molar refractivity (Wildman–Crippen MR) is 147 cm³/mol. The molecule has 0 spiro atoms. The fourth-order valence-corrected chi connectivity index (χ4v) is 4.96. The second-order valence-electron chi connectivity index (χ2n) is 8.70. The smallest absolute Gasteiger partial charge is 0.272 e. The number of amides is 1. The Hall–Kier alpha value is -3.49. The molecule has 9 heteroatoms. The number of hydrogen-bond acceptors (Lipinski definition) is 4. The number of fused-ring (bicyclic) bond motifs is 1. The van der Waals surface area contributed by atoms with Crippen molar-refractivity contribution in [2.24, 2.45) is 4.99 Å². The van der Waals surface area contributed by atoms with Crippen LogP contribution in [-0.2, 0) is 4.79 Å². The highest BCUT2D eigenvalue weighted by Crippen LogP contribution is 2.30. The topological polar surface area (TPSA) is 51.2 Å². The predicted octanol–water partition coefficient (Wildman–Crippen LogP) is 4.32. The summed E-state index contributed by atoms with van der Waals surface area (Å²) in [6, 6.07) is 21.7. The van der Waals surface area contributed by atoms with Crippen LogP contribution in [0.25, 0.3) is 0 Å². The molecule has 36 heavy (non-hydrogen) atoms. The number of benzodiazepines with no additional fused rings is 1. The van der Waals surface area contributed by atoms with E-state index in [2.05, 4.69) is 10.2 Å². The SMILES string of the molecule is CN1C(=O)C(NC(=S)N2CCN(c3ccc(F)cc3)CC2)N=C(c2ccccc2)c2cc(Cl)ccc21. The Balaban J connectivity index is 1.37. The molecule has 0 radical (unpaired) electrons. The fourth-order valence-electron chi connectivity index (χ4n) is 4.49. The molecule has 2 aliphatic rings. The van der Waals surface area contributed by atoms with E-state index in [1.165, 1.54) is 12.1 Å². The Morgan fingerprint density at radius 1 is 1.03 bits per heavy atom. The fraction of sp³-hybridized carbons (Fsp3) is 0.222. The average molecular weight is 522 g/mol. The minimum atomic E-state index is -0.890. The van der Waals surface area contributed by atoms with Crippen LogP contribution in [0, 0.1) is 5.82 Å². The molecule has 3 aromatic carbocycles. The summed E-state index contributed by atoms with van der Waals surface area (Å²) in [5.41, 5.74) is 4.05. The van der Waals surface area contributed by atoms with E-state index in [0.29, 0.717) is 28.9 Å². The number of nitrogens with zero attached hydrogens (tertiary/aromatic N) is 4. The van der Waals surface area contributed by atoms with Gasteiger partial charge in [-0.2, -0.15) is 0 Å². The number of benzene rings is 3. The first-order chi connectivity index (χ1) is 17.4. The maximum absolute atomic E-state index is 13.5. The van der Waals surface area contributed by atoms with E-state index in [-0.39, 0.29) is 11.7 Å². The summed E-state index contributed by atoms with van der Waals surface area (Å²) in [6.07, 6.45) is -0.890. The summed E-state index contributed by atoms with van der Waals surface area (Å²) >= 11 is 12.0. The van der Waals surface area contributed by atoms with Crippen LogP contribution in [0.5, 0.6) is 0 Å². The third-order valence-corrected chi connectivity index (χ3v) is 7.07. The summed E-state index contributed by atoms with van der Waals surface area (Å²) in [7, 11) is 1.73. The Morgan fingerprint density at radius 3 is 2.42 bits per heavy atom. The van der Waals surface area contributed by atoms with E-state index in [1.54, 1.807) is 30.1 Å². The average Bonchev–Trinajstić information content (AvgIpc) is 3.00. The van der Waals surface area contributed by atoms with Crippen molar-refractivity contribution >= 4 is 51.9 Å². The summed E-state index contributed by atoms with van der Waals surface area (Å²) in [4.78, 5) is 24.1. The van der Waals surface area contributed by atoms with Crippen LogP contribution in [0.15, 0.2) is 77.8 Å². The van der Waals surface area contributed by atoms with Gasteiger partial charge in [-0.1, -0.05) is 41.9 Å². The molecule has 2 aliphatic heterocycles. The van der Waals surface area contributed by atoms with E-state index in [4.69, 9.17) is 28.8 Å². The number of anilines is 2. The lowest BCUT2D eigenvalue weighted by atomic mass is 10.0. The number of aliphatic imine (C=N–C) groups is 1. The number of nitrogens with one attached hydrogen (secondary N) is 1. The highest BCUT2D eigenvalue weighted by Gasteiger charge is 2.32. The number of thiocarbonyl (C=S) groups is 1. The van der Waals surface area contributed by atoms with Gasteiger partial charge >= 0.3 is 0 Å². The molecule has 5 rings (SSSR count). The Kier molecular flexibility index (Phi) is 6.89. The third-order valence-electron chi connectivity index (χ3n) is 6.46. The minimum Gasteiger partial charge on any atom is -0.368 e. The van der Waals surface area contributed by atoms with E-state index in [0.717, 1.165) is 35.6 Å². The molecule has 0 aromatic heterocycles. The van der Waals surface area contributed by atoms with Crippen molar-refractivity contribution in [2.45, 2.75) is 6.17 Å². The normalized spacial score (nSPS) is 17.9. The number of rotatable bonds is 3. The van der Waals surface area contributed by atoms with Gasteiger partial charge in [0, 0.05) is 55.1 Å². The second kappa shape index (κ2) is 10.2. The molecule has 1 fully saturated rings. The van der Waals surface area contributed by atoms with Crippen LogP contribution in [0.1, 0.15) is 11.1 Å². The van der Waals surface area contributed by atoms with Crippen LogP contribution in [0.2, 0.25) is 5.02 Å². The molecule has 1 N–H and O–H groups in total. The molecule has 1 atom stereocenters. The third kappa shape index (κ3) is 4.92. The van der Waals surface area contributed by atoms with Crippen molar-refractivity contribution in [3.8, 4) is 0 Å². The first-order valence-corrected chi connectivity index (χ1v) is 12.5. The van der Waals surface area contributed by atoms with Gasteiger partial charge in [-0.25, -0.2) is 9.38 Å².